The van der Waals surface area contributed by atoms with E-state index in [9.17, 15) is 13.2 Å². The molecule has 0 aromatic heterocycles. The molecule has 0 aliphatic carbocycles. The molecule has 1 aliphatic rings. The van der Waals surface area contributed by atoms with Gasteiger partial charge in [0.05, 0.1) is 5.70 Å². The molecule has 0 bridgehead atoms. The van der Waals surface area contributed by atoms with Crippen molar-refractivity contribution in [2.45, 2.75) is 5.50 Å². The van der Waals surface area contributed by atoms with E-state index in [1.807, 2.05) is 0 Å². The number of carbonyl (C=O) groups excluding carboxylic acids is 1. The molecule has 0 saturated heterocycles. The van der Waals surface area contributed by atoms with Crippen LogP contribution in [-0.2, 0) is 14.9 Å². The maximum Gasteiger partial charge on any atom is 0.307 e. The normalized spacial score (nSPS) is 22.8. The Kier molecular flexibility index (Phi) is 2.25. The van der Waals surface area contributed by atoms with Gasteiger partial charge in [0.15, 0.2) is 6.29 Å². The van der Waals surface area contributed by atoms with E-state index in [4.69, 9.17) is 4.55 Å². The zero-order valence-electron chi connectivity index (χ0n) is 5.84. The van der Waals surface area contributed by atoms with Gasteiger partial charge in [0.25, 0.3) is 0 Å². The maximum atomic E-state index is 10.5. The zero-order valence-corrected chi connectivity index (χ0v) is 6.65. The number of nitrogens with zero attached hydrogens (tertiary/aromatic N) is 1. The Balaban J connectivity index is 2.86. The smallest absolute Gasteiger partial charge is 0.307 e. The molecule has 1 rings (SSSR count). The molecule has 0 saturated carbocycles. The molecule has 7 heteroatoms. The Hall–Kier alpha value is -1.21. The summed E-state index contributed by atoms with van der Waals surface area (Å²) in [5.74, 6) is 0. The summed E-state index contributed by atoms with van der Waals surface area (Å²) in [4.78, 5) is 13.6. The quantitative estimate of drug-likeness (QED) is 0.426. The summed E-state index contributed by atoms with van der Waals surface area (Å²) in [6.07, 6.45) is 2.87. The van der Waals surface area contributed by atoms with Gasteiger partial charge >= 0.3 is 10.1 Å². The van der Waals surface area contributed by atoms with Gasteiger partial charge in [0.1, 0.15) is 0 Å². The van der Waals surface area contributed by atoms with Crippen LogP contribution < -0.4 is 5.32 Å². The Morgan fingerprint density at radius 1 is 1.67 bits per heavy atom. The highest BCUT2D eigenvalue weighted by atomic mass is 32.2. The van der Waals surface area contributed by atoms with Crippen LogP contribution in [0.15, 0.2) is 16.8 Å². The second-order valence-corrected chi connectivity index (χ2v) is 3.53. The predicted octanol–water partition coefficient (Wildman–Crippen LogP) is -1.09. The summed E-state index contributed by atoms with van der Waals surface area (Å²) in [5, 5.41) is 2.20. The third-order valence-electron chi connectivity index (χ3n) is 1.17. The molecule has 12 heavy (non-hydrogen) atoms. The Labute approximate surface area is 68.7 Å². The Morgan fingerprint density at radius 2 is 2.33 bits per heavy atom. The fourth-order valence-electron chi connectivity index (χ4n) is 0.654. The number of aliphatic imine (C=N–C) groups is 1. The first-order valence-electron chi connectivity index (χ1n) is 2.95. The summed E-state index contributed by atoms with van der Waals surface area (Å²) >= 11 is 0. The molecular formula is C5H6N2O4S. The Morgan fingerprint density at radius 3 is 2.83 bits per heavy atom. The SMILES string of the molecule is O=CC1=CC=NC(S(=O)(=O)O)N1. The van der Waals surface area contributed by atoms with Gasteiger partial charge in [-0.25, -0.2) is 0 Å². The van der Waals surface area contributed by atoms with Crippen LogP contribution in [0.25, 0.3) is 0 Å². The first kappa shape index (κ1) is 8.88. The van der Waals surface area contributed by atoms with Crippen LogP contribution >= 0.6 is 0 Å². The molecule has 2 N–H and O–H groups in total. The molecule has 1 atom stereocenters. The number of allylic oxidation sites excluding steroid dienone is 2. The lowest BCUT2D eigenvalue weighted by atomic mass is 10.4. The van der Waals surface area contributed by atoms with Gasteiger partial charge in [0, 0.05) is 6.21 Å². The topological polar surface area (TPSA) is 95.8 Å². The number of aldehydes is 1. The van der Waals surface area contributed by atoms with E-state index < -0.39 is 15.6 Å². The third-order valence-corrected chi connectivity index (χ3v) is 1.98. The second kappa shape index (κ2) is 3.03. The lowest BCUT2D eigenvalue weighted by Crippen LogP contribution is -2.36. The minimum Gasteiger partial charge on any atom is -0.347 e. The van der Waals surface area contributed by atoms with Crippen LogP contribution in [-0.4, -0.2) is 31.0 Å². The largest absolute Gasteiger partial charge is 0.347 e. The minimum absolute atomic E-state index is 0.0626. The first-order chi connectivity index (χ1) is 5.54. The fraction of sp³-hybridized carbons (Fsp3) is 0.200. The van der Waals surface area contributed by atoms with Gasteiger partial charge in [-0.2, -0.15) is 8.42 Å². The summed E-state index contributed by atoms with van der Waals surface area (Å²) in [7, 11) is -4.28. The van der Waals surface area contributed by atoms with Crippen molar-refractivity contribution in [2.24, 2.45) is 4.99 Å². The van der Waals surface area contributed by atoms with Crippen molar-refractivity contribution in [1.82, 2.24) is 5.32 Å². The number of hydrogen-bond acceptors (Lipinski definition) is 5. The van der Waals surface area contributed by atoms with Crippen molar-refractivity contribution in [3.8, 4) is 0 Å². The van der Waals surface area contributed by atoms with E-state index in [0.29, 0.717) is 6.29 Å². The van der Waals surface area contributed by atoms with Gasteiger partial charge in [-0.3, -0.25) is 14.3 Å². The summed E-state index contributed by atoms with van der Waals surface area (Å²) in [6, 6.07) is 0. The standard InChI is InChI=1S/C5H6N2O4S/c8-3-4-1-2-6-5(7-4)12(9,10)11/h1-3,5,7H,(H,9,10,11). The van der Waals surface area contributed by atoms with E-state index in [-0.39, 0.29) is 5.70 Å². The highest BCUT2D eigenvalue weighted by Gasteiger charge is 2.23. The molecule has 0 fully saturated rings. The molecule has 0 spiro atoms. The molecular weight excluding hydrogens is 184 g/mol. The lowest BCUT2D eigenvalue weighted by molar-refractivity contribution is -0.105. The van der Waals surface area contributed by atoms with Crippen LogP contribution in [0.5, 0.6) is 0 Å². The molecule has 0 aromatic carbocycles. The maximum absolute atomic E-state index is 10.5. The summed E-state index contributed by atoms with van der Waals surface area (Å²) in [6.45, 7) is 0. The number of hydrogen-bond donors (Lipinski definition) is 2. The zero-order chi connectivity index (χ0) is 9.19. The molecule has 0 amide bonds. The molecule has 0 radical (unpaired) electrons. The predicted molar refractivity (Wildman–Crippen MR) is 41.1 cm³/mol. The highest BCUT2D eigenvalue weighted by molar-refractivity contribution is 7.86. The van der Waals surface area contributed by atoms with Crippen molar-refractivity contribution in [3.63, 3.8) is 0 Å². The average Bonchev–Trinajstić information content (AvgIpc) is 2.03. The number of rotatable bonds is 2. The lowest BCUT2D eigenvalue weighted by Gasteiger charge is -2.14. The second-order valence-electron chi connectivity index (χ2n) is 2.05. The third kappa shape index (κ3) is 1.89. The molecule has 66 valence electrons. The van der Waals surface area contributed by atoms with Crippen molar-refractivity contribution in [1.29, 1.82) is 0 Å². The van der Waals surface area contributed by atoms with Gasteiger partial charge in [-0.05, 0) is 6.08 Å². The average molecular weight is 190 g/mol. The van der Waals surface area contributed by atoms with Crippen LogP contribution in [0.4, 0.5) is 0 Å². The first-order valence-corrected chi connectivity index (χ1v) is 4.46. The van der Waals surface area contributed by atoms with Gasteiger partial charge in [-0.1, -0.05) is 0 Å². The number of carbonyl (C=O) groups is 1. The van der Waals surface area contributed by atoms with E-state index in [2.05, 4.69) is 10.3 Å². The van der Waals surface area contributed by atoms with Crippen LogP contribution in [0.1, 0.15) is 0 Å². The molecule has 1 unspecified atom stereocenters. The fourth-order valence-corrected chi connectivity index (χ4v) is 1.16. The van der Waals surface area contributed by atoms with Crippen molar-refractivity contribution in [3.05, 3.63) is 11.8 Å². The van der Waals surface area contributed by atoms with Gasteiger partial charge in [0.2, 0.25) is 5.50 Å². The van der Waals surface area contributed by atoms with Gasteiger partial charge < -0.3 is 5.32 Å². The van der Waals surface area contributed by atoms with E-state index in [0.717, 1.165) is 6.21 Å². The molecule has 1 heterocycles. The molecule has 1 aliphatic heterocycles. The Bertz CT molecular complexity index is 342. The summed E-state index contributed by atoms with van der Waals surface area (Å²) < 4.78 is 29.5. The summed E-state index contributed by atoms with van der Waals surface area (Å²) in [5.41, 5.74) is -1.41. The monoisotopic (exact) mass is 190 g/mol. The van der Waals surface area contributed by atoms with Crippen molar-refractivity contribution in [2.75, 3.05) is 0 Å². The van der Waals surface area contributed by atoms with Crippen LogP contribution in [0, 0.1) is 0 Å². The van der Waals surface area contributed by atoms with Crippen molar-refractivity contribution < 1.29 is 17.8 Å². The van der Waals surface area contributed by atoms with E-state index in [1.165, 1.54) is 6.08 Å². The minimum atomic E-state index is -4.28. The molecule has 0 aromatic rings. The number of nitrogens with one attached hydrogen (secondary N) is 1. The van der Waals surface area contributed by atoms with E-state index in [1.54, 1.807) is 0 Å². The van der Waals surface area contributed by atoms with Gasteiger partial charge in [-0.15, -0.1) is 0 Å². The highest BCUT2D eigenvalue weighted by Crippen LogP contribution is 2.02. The molecule has 6 nitrogen and oxygen atoms in total. The van der Waals surface area contributed by atoms with E-state index >= 15 is 0 Å². The van der Waals surface area contributed by atoms with Crippen molar-refractivity contribution >= 4 is 22.6 Å². The van der Waals surface area contributed by atoms with Crippen LogP contribution in [0.3, 0.4) is 0 Å². The van der Waals surface area contributed by atoms with Crippen LogP contribution in [0.2, 0.25) is 0 Å².